The molecule has 0 aromatic heterocycles. The van der Waals surface area contributed by atoms with E-state index in [9.17, 15) is 8.42 Å². The molecule has 1 heterocycles. The van der Waals surface area contributed by atoms with Crippen LogP contribution in [0.3, 0.4) is 0 Å². The van der Waals surface area contributed by atoms with Crippen LogP contribution in [0.2, 0.25) is 0 Å². The zero-order valence-corrected chi connectivity index (χ0v) is 14.0. The highest BCUT2D eigenvalue weighted by atomic mass is 32.2. The quantitative estimate of drug-likeness (QED) is 0.890. The molecule has 3 N–H and O–H groups in total. The third kappa shape index (κ3) is 3.75. The van der Waals surface area contributed by atoms with Crippen LogP contribution in [0, 0.1) is 13.8 Å². The number of hydrogen-bond acceptors (Lipinski definition) is 4. The van der Waals surface area contributed by atoms with Gasteiger partial charge in [0.15, 0.2) is 0 Å². The molecule has 1 aliphatic heterocycles. The lowest BCUT2D eigenvalue weighted by Crippen LogP contribution is -2.31. The van der Waals surface area contributed by atoms with Gasteiger partial charge >= 0.3 is 0 Å². The number of nitrogens with two attached hydrogens (primary N) is 1. The standard InChI is InChI=1S/C15H25N3O2S/c1-10(2)18-6-5-13(9-18)17-15-8-14(21(16,19)20)7-11(3)12(15)4/h7-8,10,13,17H,5-6,9H2,1-4H3,(H2,16,19,20). The summed E-state index contributed by atoms with van der Waals surface area (Å²) in [5.74, 6) is 0. The van der Waals surface area contributed by atoms with Gasteiger partial charge < -0.3 is 5.32 Å². The number of sulfonamides is 1. The van der Waals surface area contributed by atoms with Crippen molar-refractivity contribution in [3.63, 3.8) is 0 Å². The molecule has 1 aliphatic rings. The second-order valence-corrected chi connectivity index (χ2v) is 7.74. The Bertz CT molecular complexity index is 626. The van der Waals surface area contributed by atoms with Crippen molar-refractivity contribution in [2.45, 2.75) is 51.1 Å². The fraction of sp³-hybridized carbons (Fsp3) is 0.600. The van der Waals surface area contributed by atoms with Crippen molar-refractivity contribution in [2.24, 2.45) is 5.14 Å². The number of likely N-dealkylation sites (tertiary alicyclic amines) is 1. The number of anilines is 1. The third-order valence-electron chi connectivity index (χ3n) is 4.28. The summed E-state index contributed by atoms with van der Waals surface area (Å²) in [7, 11) is -3.67. The van der Waals surface area contributed by atoms with E-state index < -0.39 is 10.0 Å². The monoisotopic (exact) mass is 311 g/mol. The van der Waals surface area contributed by atoms with Crippen LogP contribution < -0.4 is 10.5 Å². The topological polar surface area (TPSA) is 75.4 Å². The maximum Gasteiger partial charge on any atom is 0.238 e. The molecule has 1 saturated heterocycles. The normalized spacial score (nSPS) is 20.2. The molecule has 0 radical (unpaired) electrons. The van der Waals surface area contributed by atoms with E-state index in [0.29, 0.717) is 12.1 Å². The van der Waals surface area contributed by atoms with Crippen LogP contribution in [0.4, 0.5) is 5.69 Å². The second kappa shape index (κ2) is 5.94. The predicted molar refractivity (Wildman–Crippen MR) is 86.0 cm³/mol. The van der Waals surface area contributed by atoms with Gasteiger partial charge in [-0.2, -0.15) is 0 Å². The van der Waals surface area contributed by atoms with Crippen molar-refractivity contribution in [3.8, 4) is 0 Å². The molecule has 0 aliphatic carbocycles. The van der Waals surface area contributed by atoms with Crippen molar-refractivity contribution in [1.82, 2.24) is 4.90 Å². The molecule has 1 unspecified atom stereocenters. The molecule has 2 rings (SSSR count). The Morgan fingerprint density at radius 3 is 2.52 bits per heavy atom. The molecule has 21 heavy (non-hydrogen) atoms. The lowest BCUT2D eigenvalue weighted by atomic mass is 10.1. The van der Waals surface area contributed by atoms with Gasteiger partial charge in [0.25, 0.3) is 0 Å². The number of benzene rings is 1. The van der Waals surface area contributed by atoms with Gasteiger partial charge in [-0.05, 0) is 57.4 Å². The van der Waals surface area contributed by atoms with Gasteiger partial charge in [0.2, 0.25) is 10.0 Å². The lowest BCUT2D eigenvalue weighted by molar-refractivity contribution is 0.274. The van der Waals surface area contributed by atoms with E-state index in [1.165, 1.54) is 0 Å². The van der Waals surface area contributed by atoms with Crippen LogP contribution in [-0.4, -0.2) is 38.5 Å². The summed E-state index contributed by atoms with van der Waals surface area (Å²) >= 11 is 0. The zero-order chi connectivity index (χ0) is 15.8. The van der Waals surface area contributed by atoms with Crippen LogP contribution in [0.1, 0.15) is 31.4 Å². The smallest absolute Gasteiger partial charge is 0.238 e. The Morgan fingerprint density at radius 2 is 2.00 bits per heavy atom. The van der Waals surface area contributed by atoms with Gasteiger partial charge in [0.05, 0.1) is 4.90 Å². The summed E-state index contributed by atoms with van der Waals surface area (Å²) < 4.78 is 23.1. The number of hydrogen-bond donors (Lipinski definition) is 2. The van der Waals surface area contributed by atoms with Gasteiger partial charge in [-0.1, -0.05) is 0 Å². The van der Waals surface area contributed by atoms with Crippen LogP contribution in [0.25, 0.3) is 0 Å². The summed E-state index contributed by atoms with van der Waals surface area (Å²) in [5.41, 5.74) is 2.88. The summed E-state index contributed by atoms with van der Waals surface area (Å²) in [6.07, 6.45) is 1.07. The highest BCUT2D eigenvalue weighted by molar-refractivity contribution is 7.89. The van der Waals surface area contributed by atoms with Crippen molar-refractivity contribution in [2.75, 3.05) is 18.4 Å². The van der Waals surface area contributed by atoms with Crippen molar-refractivity contribution in [1.29, 1.82) is 0 Å². The molecule has 118 valence electrons. The number of nitrogens with zero attached hydrogens (tertiary/aromatic N) is 1. The minimum Gasteiger partial charge on any atom is -0.381 e. The summed E-state index contributed by atoms with van der Waals surface area (Å²) in [6, 6.07) is 4.16. The van der Waals surface area contributed by atoms with Gasteiger partial charge in [0.1, 0.15) is 0 Å². The molecule has 0 bridgehead atoms. The van der Waals surface area contributed by atoms with Crippen molar-refractivity contribution >= 4 is 15.7 Å². The first kappa shape index (κ1) is 16.3. The Balaban J connectivity index is 2.23. The van der Waals surface area contributed by atoms with Gasteiger partial charge in [-0.25, -0.2) is 13.6 Å². The maximum absolute atomic E-state index is 11.6. The van der Waals surface area contributed by atoms with E-state index in [1.807, 2.05) is 13.8 Å². The van der Waals surface area contributed by atoms with Crippen LogP contribution >= 0.6 is 0 Å². The van der Waals surface area contributed by atoms with E-state index in [-0.39, 0.29) is 4.90 Å². The van der Waals surface area contributed by atoms with Crippen molar-refractivity contribution in [3.05, 3.63) is 23.3 Å². The molecular formula is C15H25N3O2S. The Morgan fingerprint density at radius 1 is 1.33 bits per heavy atom. The Hall–Kier alpha value is -1.11. The summed E-state index contributed by atoms with van der Waals surface area (Å²) in [4.78, 5) is 2.59. The molecule has 0 amide bonds. The summed E-state index contributed by atoms with van der Waals surface area (Å²) in [5, 5.41) is 8.74. The summed E-state index contributed by atoms with van der Waals surface area (Å²) in [6.45, 7) is 10.3. The average Bonchev–Trinajstić information content (AvgIpc) is 2.82. The molecule has 1 aromatic carbocycles. The Labute approximate surface area is 127 Å². The first-order chi connectivity index (χ1) is 9.68. The zero-order valence-electron chi connectivity index (χ0n) is 13.2. The van der Waals surface area contributed by atoms with Crippen LogP contribution in [0.5, 0.6) is 0 Å². The first-order valence-corrected chi connectivity index (χ1v) is 8.87. The van der Waals surface area contributed by atoms with Crippen molar-refractivity contribution < 1.29 is 8.42 Å². The molecule has 1 atom stereocenters. The van der Waals surface area contributed by atoms with E-state index in [0.717, 1.165) is 36.3 Å². The van der Waals surface area contributed by atoms with Gasteiger partial charge in [0, 0.05) is 30.9 Å². The number of aryl methyl sites for hydroxylation is 1. The third-order valence-corrected chi connectivity index (χ3v) is 5.17. The molecule has 1 fully saturated rings. The molecule has 0 spiro atoms. The SMILES string of the molecule is Cc1cc(S(N)(=O)=O)cc(NC2CCN(C(C)C)C2)c1C. The highest BCUT2D eigenvalue weighted by Crippen LogP contribution is 2.26. The molecule has 6 heteroatoms. The molecule has 5 nitrogen and oxygen atoms in total. The van der Waals surface area contributed by atoms with E-state index in [4.69, 9.17) is 5.14 Å². The predicted octanol–water partition coefficient (Wildman–Crippen LogP) is 1.85. The first-order valence-electron chi connectivity index (χ1n) is 7.33. The Kier molecular flexibility index (Phi) is 4.60. The van der Waals surface area contributed by atoms with E-state index in [1.54, 1.807) is 12.1 Å². The molecule has 0 saturated carbocycles. The molecular weight excluding hydrogens is 286 g/mol. The van der Waals surface area contributed by atoms with Crippen LogP contribution in [0.15, 0.2) is 17.0 Å². The number of primary sulfonamides is 1. The second-order valence-electron chi connectivity index (χ2n) is 6.18. The average molecular weight is 311 g/mol. The largest absolute Gasteiger partial charge is 0.381 e. The maximum atomic E-state index is 11.6. The highest BCUT2D eigenvalue weighted by Gasteiger charge is 2.24. The number of nitrogens with one attached hydrogen (secondary N) is 1. The fourth-order valence-corrected chi connectivity index (χ4v) is 3.36. The van der Waals surface area contributed by atoms with Gasteiger partial charge in [-0.15, -0.1) is 0 Å². The van der Waals surface area contributed by atoms with Gasteiger partial charge in [-0.3, -0.25) is 4.90 Å². The van der Waals surface area contributed by atoms with E-state index in [2.05, 4.69) is 24.1 Å². The van der Waals surface area contributed by atoms with E-state index >= 15 is 0 Å². The molecule has 1 aromatic rings. The minimum atomic E-state index is -3.67. The number of rotatable bonds is 4. The van der Waals surface area contributed by atoms with Crippen LogP contribution in [-0.2, 0) is 10.0 Å². The lowest BCUT2D eigenvalue weighted by Gasteiger charge is -2.22. The fourth-order valence-electron chi connectivity index (χ4n) is 2.73. The minimum absolute atomic E-state index is 0.173.